The monoisotopic (exact) mass is 249 g/mol. The number of aromatic nitrogens is 2. The maximum Gasteiger partial charge on any atom is 0.122 e. The Bertz CT molecular complexity index is 485. The Morgan fingerprint density at radius 1 is 1.47 bits per heavy atom. The minimum absolute atomic E-state index is 0.0781. The molecule has 0 spiro atoms. The van der Waals surface area contributed by atoms with Gasteiger partial charge in [-0.1, -0.05) is 22.2 Å². The lowest BCUT2D eigenvalue weighted by atomic mass is 10.0. The lowest BCUT2D eigenvalue weighted by Gasteiger charge is -2.13. The van der Waals surface area contributed by atoms with Gasteiger partial charge in [0.05, 0.1) is 18.2 Å². The third-order valence-corrected chi connectivity index (χ3v) is 3.41. The second kappa shape index (κ2) is 5.25. The van der Waals surface area contributed by atoms with Crippen LogP contribution in [-0.2, 0) is 6.42 Å². The van der Waals surface area contributed by atoms with Gasteiger partial charge in [0.1, 0.15) is 5.75 Å². The van der Waals surface area contributed by atoms with Crippen LogP contribution in [0.4, 0.5) is 0 Å². The van der Waals surface area contributed by atoms with Crippen LogP contribution in [0.3, 0.4) is 0 Å². The molecular formula is C12H15N3OS. The lowest BCUT2D eigenvalue weighted by Crippen LogP contribution is -2.12. The average Bonchev–Trinajstić information content (AvgIpc) is 2.83. The van der Waals surface area contributed by atoms with Crippen molar-refractivity contribution < 1.29 is 4.74 Å². The summed E-state index contributed by atoms with van der Waals surface area (Å²) in [6.07, 6.45) is 2.45. The fraction of sp³-hybridized carbons (Fsp3) is 0.333. The molecule has 0 amide bonds. The molecule has 1 heterocycles. The zero-order valence-corrected chi connectivity index (χ0v) is 10.7. The summed E-state index contributed by atoms with van der Waals surface area (Å²) in [5, 5.41) is 3.80. The Labute approximate surface area is 105 Å². The van der Waals surface area contributed by atoms with Crippen LogP contribution in [0, 0.1) is 6.92 Å². The molecule has 0 aliphatic heterocycles. The molecule has 2 N–H and O–H groups in total. The van der Waals surface area contributed by atoms with E-state index in [0.717, 1.165) is 22.6 Å². The van der Waals surface area contributed by atoms with Crippen molar-refractivity contribution in [2.45, 2.75) is 19.4 Å². The molecule has 90 valence electrons. The first-order valence-electron chi connectivity index (χ1n) is 5.37. The van der Waals surface area contributed by atoms with Gasteiger partial charge in [-0.05, 0) is 36.5 Å². The largest absolute Gasteiger partial charge is 0.496 e. The van der Waals surface area contributed by atoms with Gasteiger partial charge in [-0.3, -0.25) is 0 Å². The summed E-state index contributed by atoms with van der Waals surface area (Å²) in [5.41, 5.74) is 8.44. The molecule has 0 saturated heterocycles. The molecule has 0 radical (unpaired) electrons. The number of ether oxygens (including phenoxy) is 1. The van der Waals surface area contributed by atoms with Gasteiger partial charge in [-0.25, -0.2) is 0 Å². The van der Waals surface area contributed by atoms with E-state index in [-0.39, 0.29) is 6.04 Å². The molecule has 1 atom stereocenters. The van der Waals surface area contributed by atoms with Crippen molar-refractivity contribution in [2.24, 2.45) is 5.73 Å². The molecule has 0 bridgehead atoms. The Morgan fingerprint density at radius 3 is 2.94 bits per heavy atom. The van der Waals surface area contributed by atoms with Crippen molar-refractivity contribution in [3.63, 3.8) is 0 Å². The molecule has 0 fully saturated rings. The fourth-order valence-corrected chi connectivity index (χ4v) is 2.24. The molecule has 2 rings (SSSR count). The highest BCUT2D eigenvalue weighted by Gasteiger charge is 2.12. The summed E-state index contributed by atoms with van der Waals surface area (Å²) in [6.45, 7) is 2.06. The average molecular weight is 249 g/mol. The van der Waals surface area contributed by atoms with Gasteiger partial charge in [-0.2, -0.15) is 0 Å². The van der Waals surface area contributed by atoms with Crippen LogP contribution in [0.1, 0.15) is 22.0 Å². The maximum atomic E-state index is 6.12. The van der Waals surface area contributed by atoms with Crippen molar-refractivity contribution in [3.05, 3.63) is 40.4 Å². The highest BCUT2D eigenvalue weighted by Crippen LogP contribution is 2.25. The standard InChI is InChI=1S/C12H15N3OS/c1-8-3-4-11(16-2)9(5-8)6-10(13)12-7-14-15-17-12/h3-5,7,10H,6,13H2,1-2H3. The Kier molecular flexibility index (Phi) is 3.71. The van der Waals surface area contributed by atoms with Gasteiger partial charge in [0.15, 0.2) is 0 Å². The molecule has 4 nitrogen and oxygen atoms in total. The molecule has 0 saturated carbocycles. The van der Waals surface area contributed by atoms with E-state index in [2.05, 4.69) is 22.6 Å². The van der Waals surface area contributed by atoms with Crippen LogP contribution in [0.25, 0.3) is 0 Å². The lowest BCUT2D eigenvalue weighted by molar-refractivity contribution is 0.408. The van der Waals surface area contributed by atoms with Gasteiger partial charge in [0.25, 0.3) is 0 Å². The van der Waals surface area contributed by atoms with Gasteiger partial charge < -0.3 is 10.5 Å². The second-order valence-electron chi connectivity index (χ2n) is 3.95. The number of methoxy groups -OCH3 is 1. The summed E-state index contributed by atoms with van der Waals surface area (Å²) in [5.74, 6) is 0.878. The van der Waals surface area contributed by atoms with E-state index in [9.17, 15) is 0 Å². The van der Waals surface area contributed by atoms with Crippen molar-refractivity contribution in [1.29, 1.82) is 0 Å². The Balaban J connectivity index is 2.20. The van der Waals surface area contributed by atoms with Crippen molar-refractivity contribution in [3.8, 4) is 5.75 Å². The van der Waals surface area contributed by atoms with Crippen LogP contribution in [0.15, 0.2) is 24.4 Å². The number of rotatable bonds is 4. The third kappa shape index (κ3) is 2.81. The molecule has 0 aliphatic rings. The maximum absolute atomic E-state index is 6.12. The summed E-state index contributed by atoms with van der Waals surface area (Å²) in [7, 11) is 1.67. The highest BCUT2D eigenvalue weighted by molar-refractivity contribution is 7.05. The zero-order chi connectivity index (χ0) is 12.3. The number of nitrogens with two attached hydrogens (primary N) is 1. The molecule has 2 aromatic rings. The van der Waals surface area contributed by atoms with Crippen LogP contribution >= 0.6 is 11.5 Å². The molecular weight excluding hydrogens is 234 g/mol. The summed E-state index contributed by atoms with van der Waals surface area (Å²) in [4.78, 5) is 0.994. The van der Waals surface area contributed by atoms with Crippen LogP contribution in [-0.4, -0.2) is 16.7 Å². The molecule has 1 aromatic heterocycles. The van der Waals surface area contributed by atoms with Crippen LogP contribution < -0.4 is 10.5 Å². The van der Waals surface area contributed by atoms with E-state index in [1.807, 2.05) is 12.1 Å². The van der Waals surface area contributed by atoms with E-state index in [1.165, 1.54) is 17.1 Å². The van der Waals surface area contributed by atoms with Gasteiger partial charge >= 0.3 is 0 Å². The summed E-state index contributed by atoms with van der Waals surface area (Å²) < 4.78 is 9.16. The number of aryl methyl sites for hydroxylation is 1. The summed E-state index contributed by atoms with van der Waals surface area (Å²) >= 11 is 1.34. The molecule has 17 heavy (non-hydrogen) atoms. The fourth-order valence-electron chi connectivity index (χ4n) is 1.74. The first-order chi connectivity index (χ1) is 8.20. The van der Waals surface area contributed by atoms with Crippen LogP contribution in [0.2, 0.25) is 0 Å². The normalized spacial score (nSPS) is 12.4. The van der Waals surface area contributed by atoms with E-state index >= 15 is 0 Å². The number of benzene rings is 1. The molecule has 1 aromatic carbocycles. The number of nitrogens with zero attached hydrogens (tertiary/aromatic N) is 2. The van der Waals surface area contributed by atoms with Crippen molar-refractivity contribution >= 4 is 11.5 Å². The van der Waals surface area contributed by atoms with Crippen molar-refractivity contribution in [2.75, 3.05) is 7.11 Å². The van der Waals surface area contributed by atoms with Gasteiger partial charge in [0, 0.05) is 6.04 Å². The molecule has 1 unspecified atom stereocenters. The summed E-state index contributed by atoms with van der Waals surface area (Å²) in [6, 6.07) is 6.03. The first-order valence-corrected chi connectivity index (χ1v) is 6.14. The quantitative estimate of drug-likeness (QED) is 0.901. The minimum atomic E-state index is -0.0781. The number of hydrogen-bond donors (Lipinski definition) is 1. The Morgan fingerprint density at radius 2 is 2.29 bits per heavy atom. The SMILES string of the molecule is COc1ccc(C)cc1CC(N)c1cnns1. The third-order valence-electron chi connectivity index (χ3n) is 2.62. The Hall–Kier alpha value is -1.46. The van der Waals surface area contributed by atoms with E-state index in [0.29, 0.717) is 0 Å². The minimum Gasteiger partial charge on any atom is -0.496 e. The molecule has 0 aliphatic carbocycles. The predicted molar refractivity (Wildman–Crippen MR) is 68.3 cm³/mol. The number of hydrogen-bond acceptors (Lipinski definition) is 5. The zero-order valence-electron chi connectivity index (χ0n) is 9.88. The van der Waals surface area contributed by atoms with Gasteiger partial charge in [0.2, 0.25) is 0 Å². The van der Waals surface area contributed by atoms with Crippen molar-refractivity contribution in [1.82, 2.24) is 9.59 Å². The smallest absolute Gasteiger partial charge is 0.122 e. The topological polar surface area (TPSA) is 61.0 Å². The highest BCUT2D eigenvalue weighted by atomic mass is 32.1. The predicted octanol–water partition coefficient (Wildman–Crippen LogP) is 2.10. The molecule has 5 heteroatoms. The second-order valence-corrected chi connectivity index (χ2v) is 4.76. The van der Waals surface area contributed by atoms with E-state index < -0.39 is 0 Å². The van der Waals surface area contributed by atoms with Gasteiger partial charge in [-0.15, -0.1) is 5.10 Å². The van der Waals surface area contributed by atoms with E-state index in [4.69, 9.17) is 10.5 Å². The van der Waals surface area contributed by atoms with E-state index in [1.54, 1.807) is 13.3 Å². The van der Waals surface area contributed by atoms with Crippen LogP contribution in [0.5, 0.6) is 5.75 Å². The first kappa shape index (κ1) is 12.0.